The predicted molar refractivity (Wildman–Crippen MR) is 140 cm³/mol. The molecule has 0 fully saturated rings. The molecule has 2 heterocycles. The number of nitrogens with zero attached hydrogens (tertiary/aromatic N) is 2. The van der Waals surface area contributed by atoms with E-state index in [4.69, 9.17) is 19.4 Å². The average Bonchev–Trinajstić information content (AvgIpc) is 2.96. The quantitative estimate of drug-likeness (QED) is 0.302. The number of hydrogen-bond donors (Lipinski definition) is 0. The molecule has 2 bridgehead atoms. The first kappa shape index (κ1) is 20.9. The normalized spacial score (nSPS) is 18.7. The predicted octanol–water partition coefficient (Wildman–Crippen LogP) is 6.35. The molecule has 0 aliphatic heterocycles. The second-order valence-electron chi connectivity index (χ2n) is 9.26. The van der Waals surface area contributed by atoms with Crippen molar-refractivity contribution in [3.05, 3.63) is 142 Å². The summed E-state index contributed by atoms with van der Waals surface area (Å²) in [7, 11) is 3.28. The molecule has 3 aromatic carbocycles. The Kier molecular flexibility index (Phi) is 4.52. The van der Waals surface area contributed by atoms with Gasteiger partial charge in [-0.1, -0.05) is 78.9 Å². The summed E-state index contributed by atoms with van der Waals surface area (Å²) in [5.74, 6) is 1.31. The Morgan fingerprint density at radius 3 is 1.61 bits per heavy atom. The van der Waals surface area contributed by atoms with Crippen LogP contribution in [-0.2, 0) is 5.41 Å². The zero-order chi connectivity index (χ0) is 24.3. The van der Waals surface area contributed by atoms with Crippen LogP contribution in [0.25, 0.3) is 11.4 Å². The number of rotatable bonds is 4. The first-order valence-corrected chi connectivity index (χ1v) is 12.1. The second kappa shape index (κ2) is 7.79. The maximum atomic E-state index is 5.59. The zero-order valence-electron chi connectivity index (χ0n) is 20.1. The van der Waals surface area contributed by atoms with Gasteiger partial charge in [-0.25, -0.2) is 9.97 Å². The fourth-order valence-corrected chi connectivity index (χ4v) is 6.36. The van der Waals surface area contributed by atoms with Gasteiger partial charge in [0.1, 0.15) is 0 Å². The third kappa shape index (κ3) is 2.64. The number of aromatic nitrogens is 2. The van der Waals surface area contributed by atoms with Crippen molar-refractivity contribution < 1.29 is 9.47 Å². The van der Waals surface area contributed by atoms with Gasteiger partial charge in [0.2, 0.25) is 11.8 Å². The lowest BCUT2D eigenvalue weighted by Crippen LogP contribution is -2.43. The van der Waals surface area contributed by atoms with Gasteiger partial charge in [-0.3, -0.25) is 0 Å². The van der Waals surface area contributed by atoms with Crippen molar-refractivity contribution in [2.75, 3.05) is 14.2 Å². The smallest absolute Gasteiger partial charge is 0.213 e. The van der Waals surface area contributed by atoms with E-state index in [1.807, 2.05) is 24.3 Å². The van der Waals surface area contributed by atoms with Crippen LogP contribution in [0.1, 0.15) is 44.9 Å². The molecule has 4 heteroatoms. The third-order valence-corrected chi connectivity index (χ3v) is 7.69. The first-order chi connectivity index (χ1) is 17.8. The Labute approximate surface area is 210 Å². The van der Waals surface area contributed by atoms with Gasteiger partial charge in [-0.2, -0.15) is 0 Å². The molecule has 5 aromatic rings. The molecule has 0 radical (unpaired) electrons. The molecular weight excluding hydrogens is 444 g/mol. The second-order valence-corrected chi connectivity index (χ2v) is 9.26. The monoisotopic (exact) mass is 468 g/mol. The zero-order valence-corrected chi connectivity index (χ0v) is 20.1. The summed E-state index contributed by atoms with van der Waals surface area (Å²) in [6, 6.07) is 36.5. The SMILES string of the molecule is COc1cccc(-c2nc(OC)ccc2C23c4ccccc4C(c4ccccc42)c2ccccc23)n1. The van der Waals surface area contributed by atoms with Crippen molar-refractivity contribution in [3.63, 3.8) is 0 Å². The van der Waals surface area contributed by atoms with Gasteiger partial charge in [0.15, 0.2) is 0 Å². The van der Waals surface area contributed by atoms with Gasteiger partial charge < -0.3 is 9.47 Å². The lowest BCUT2D eigenvalue weighted by atomic mass is 9.50. The summed E-state index contributed by atoms with van der Waals surface area (Å²) in [4.78, 5) is 9.80. The molecule has 0 saturated heterocycles. The fraction of sp³-hybridized carbons (Fsp3) is 0.125. The van der Waals surface area contributed by atoms with Gasteiger partial charge in [-0.05, 0) is 51.1 Å². The van der Waals surface area contributed by atoms with E-state index >= 15 is 0 Å². The summed E-state index contributed by atoms with van der Waals surface area (Å²) in [6.07, 6.45) is 0. The maximum absolute atomic E-state index is 5.59. The molecule has 36 heavy (non-hydrogen) atoms. The van der Waals surface area contributed by atoms with Crippen LogP contribution in [0.3, 0.4) is 0 Å². The Bertz CT molecular complexity index is 1530. The van der Waals surface area contributed by atoms with Crippen molar-refractivity contribution in [1.29, 1.82) is 0 Å². The lowest BCUT2D eigenvalue weighted by molar-refractivity contribution is 0.396. The molecule has 0 saturated carbocycles. The van der Waals surface area contributed by atoms with Crippen molar-refractivity contribution >= 4 is 0 Å². The molecule has 3 aliphatic carbocycles. The Balaban J connectivity index is 1.66. The highest BCUT2D eigenvalue weighted by molar-refractivity contribution is 5.80. The molecule has 3 aliphatic rings. The van der Waals surface area contributed by atoms with E-state index in [-0.39, 0.29) is 5.92 Å². The van der Waals surface area contributed by atoms with Crippen LogP contribution in [0, 0.1) is 0 Å². The summed E-state index contributed by atoms with van der Waals surface area (Å²) in [6.45, 7) is 0. The van der Waals surface area contributed by atoms with Crippen molar-refractivity contribution in [1.82, 2.24) is 9.97 Å². The van der Waals surface area contributed by atoms with E-state index in [2.05, 4.69) is 78.9 Å². The van der Waals surface area contributed by atoms with Crippen LogP contribution in [0.5, 0.6) is 11.8 Å². The van der Waals surface area contributed by atoms with Crippen molar-refractivity contribution in [2.24, 2.45) is 0 Å². The Morgan fingerprint density at radius 2 is 1.06 bits per heavy atom. The van der Waals surface area contributed by atoms with E-state index < -0.39 is 5.41 Å². The molecule has 2 aromatic heterocycles. The van der Waals surface area contributed by atoms with Crippen LogP contribution in [0.15, 0.2) is 103 Å². The molecule has 174 valence electrons. The van der Waals surface area contributed by atoms with Gasteiger partial charge >= 0.3 is 0 Å². The number of ether oxygens (including phenoxy) is 2. The first-order valence-electron chi connectivity index (χ1n) is 12.1. The summed E-state index contributed by atoms with van der Waals surface area (Å²) in [5, 5.41) is 0. The minimum atomic E-state index is -0.544. The minimum Gasteiger partial charge on any atom is -0.481 e. The fourth-order valence-electron chi connectivity index (χ4n) is 6.36. The van der Waals surface area contributed by atoms with Crippen LogP contribution < -0.4 is 9.47 Å². The molecule has 8 rings (SSSR count). The average molecular weight is 469 g/mol. The summed E-state index contributed by atoms with van der Waals surface area (Å²) < 4.78 is 11.1. The number of methoxy groups -OCH3 is 2. The van der Waals surface area contributed by atoms with Gasteiger partial charge in [0.25, 0.3) is 0 Å². The van der Waals surface area contributed by atoms with E-state index in [0.29, 0.717) is 11.8 Å². The molecule has 0 amide bonds. The highest BCUT2D eigenvalue weighted by atomic mass is 16.5. The highest BCUT2D eigenvalue weighted by Crippen LogP contribution is 2.62. The van der Waals surface area contributed by atoms with Crippen LogP contribution in [-0.4, -0.2) is 24.2 Å². The van der Waals surface area contributed by atoms with Crippen LogP contribution in [0.2, 0.25) is 0 Å². The number of benzene rings is 3. The van der Waals surface area contributed by atoms with E-state index in [1.54, 1.807) is 14.2 Å². The standard InChI is InChI=1S/C32H24N2O2/c1-35-28-17-9-16-27(33-28)31-26(18-19-29(34-31)36-2)32-23-13-6-3-10-20(23)30(21-11-4-7-14-24(21)32)22-12-5-8-15-25(22)32/h3-19,30H,1-2H3. The third-order valence-electron chi connectivity index (χ3n) is 7.69. The van der Waals surface area contributed by atoms with Crippen molar-refractivity contribution in [2.45, 2.75) is 11.3 Å². The Hall–Kier alpha value is -4.44. The van der Waals surface area contributed by atoms with Crippen LogP contribution >= 0.6 is 0 Å². The maximum Gasteiger partial charge on any atom is 0.213 e. The summed E-state index contributed by atoms with van der Waals surface area (Å²) in [5.41, 5.74) is 9.98. The number of pyridine rings is 2. The topological polar surface area (TPSA) is 44.2 Å². The summed E-state index contributed by atoms with van der Waals surface area (Å²) >= 11 is 0. The molecule has 0 atom stereocenters. The molecule has 0 spiro atoms. The Morgan fingerprint density at radius 1 is 0.528 bits per heavy atom. The highest BCUT2D eigenvalue weighted by Gasteiger charge is 2.53. The molecule has 4 nitrogen and oxygen atoms in total. The largest absolute Gasteiger partial charge is 0.481 e. The number of hydrogen-bond acceptors (Lipinski definition) is 4. The van der Waals surface area contributed by atoms with E-state index in [1.165, 1.54) is 33.4 Å². The molecule has 0 unspecified atom stereocenters. The van der Waals surface area contributed by atoms with Gasteiger partial charge in [0.05, 0.1) is 31.0 Å². The van der Waals surface area contributed by atoms with E-state index in [9.17, 15) is 0 Å². The van der Waals surface area contributed by atoms with Gasteiger partial charge in [-0.15, -0.1) is 0 Å². The minimum absolute atomic E-state index is 0.208. The van der Waals surface area contributed by atoms with Crippen LogP contribution in [0.4, 0.5) is 0 Å². The van der Waals surface area contributed by atoms with E-state index in [0.717, 1.165) is 17.0 Å². The molecular formula is C32H24N2O2. The van der Waals surface area contributed by atoms with Gasteiger partial charge in [0, 0.05) is 18.1 Å². The lowest BCUT2D eigenvalue weighted by Gasteiger charge is -2.51. The van der Waals surface area contributed by atoms with Crippen molar-refractivity contribution in [3.8, 4) is 23.1 Å². The molecule has 0 N–H and O–H groups in total.